The Morgan fingerprint density at radius 2 is 0.500 bits per heavy atom. The van der Waals surface area contributed by atoms with Gasteiger partial charge in [0.25, 0.3) is 0 Å². The smallest absolute Gasteiger partial charge is 0.462 e. The molecule has 0 aromatic heterocycles. The normalized spacial score (nSPS) is 14.0. The van der Waals surface area contributed by atoms with Gasteiger partial charge in [-0.25, -0.2) is 9.13 Å². The molecule has 0 aliphatic heterocycles. The molecule has 0 amide bonds. The first-order chi connectivity index (χ1) is 44.5. The fraction of sp³-hybridized carbons (Fsp3) is 0.945. The molecule has 0 saturated carbocycles. The molecular weight excluding hydrogens is 1210 g/mol. The van der Waals surface area contributed by atoms with Crippen LogP contribution in [0.4, 0.5) is 0 Å². The summed E-state index contributed by atoms with van der Waals surface area (Å²) >= 11 is 0. The van der Waals surface area contributed by atoms with E-state index in [-0.39, 0.29) is 25.7 Å². The summed E-state index contributed by atoms with van der Waals surface area (Å²) in [5, 5.41) is 10.6. The van der Waals surface area contributed by atoms with E-state index in [9.17, 15) is 43.2 Å². The van der Waals surface area contributed by atoms with E-state index in [1.54, 1.807) is 0 Å². The summed E-state index contributed by atoms with van der Waals surface area (Å²) in [6.45, 7) is 7.18. The molecule has 0 aromatic carbocycles. The molecule has 0 saturated heterocycles. The van der Waals surface area contributed by atoms with Crippen LogP contribution in [-0.2, 0) is 65.4 Å². The number of carbonyl (C=O) groups is 4. The van der Waals surface area contributed by atoms with Gasteiger partial charge in [0.05, 0.1) is 26.4 Å². The number of unbranched alkanes of at least 4 members (excludes halogenated alkanes) is 45. The van der Waals surface area contributed by atoms with Crippen molar-refractivity contribution in [2.45, 2.75) is 400 Å². The van der Waals surface area contributed by atoms with E-state index in [0.717, 1.165) is 102 Å². The Morgan fingerprint density at radius 3 is 0.739 bits per heavy atom. The fourth-order valence-corrected chi connectivity index (χ4v) is 12.8. The van der Waals surface area contributed by atoms with Crippen LogP contribution in [0.2, 0.25) is 0 Å². The number of phosphoric acid groups is 2. The van der Waals surface area contributed by atoms with Crippen LogP contribution < -0.4 is 0 Å². The summed E-state index contributed by atoms with van der Waals surface area (Å²) in [5.74, 6) is -1.38. The Kier molecular flexibility index (Phi) is 64.9. The molecule has 5 atom stereocenters. The topological polar surface area (TPSA) is 237 Å². The zero-order chi connectivity index (χ0) is 67.7. The molecule has 0 rings (SSSR count). The molecule has 0 fully saturated rings. The third kappa shape index (κ3) is 66.7. The molecule has 0 aliphatic rings. The summed E-state index contributed by atoms with van der Waals surface area (Å²) in [6.07, 6.45) is 54.5. The van der Waals surface area contributed by atoms with E-state index in [4.69, 9.17) is 37.0 Å². The van der Waals surface area contributed by atoms with Gasteiger partial charge < -0.3 is 33.8 Å². The van der Waals surface area contributed by atoms with Gasteiger partial charge in [-0.15, -0.1) is 0 Å². The first kappa shape index (κ1) is 90.1. The minimum absolute atomic E-state index is 0.105. The van der Waals surface area contributed by atoms with Crippen LogP contribution >= 0.6 is 15.6 Å². The summed E-state index contributed by atoms with van der Waals surface area (Å²) in [5.41, 5.74) is 0. The zero-order valence-corrected chi connectivity index (χ0v) is 61.5. The molecule has 0 aliphatic carbocycles. The van der Waals surface area contributed by atoms with Crippen LogP contribution in [0.25, 0.3) is 0 Å². The lowest BCUT2D eigenvalue weighted by molar-refractivity contribution is -0.161. The van der Waals surface area contributed by atoms with E-state index in [2.05, 4.69) is 34.6 Å². The molecule has 19 heteroatoms. The van der Waals surface area contributed by atoms with Crippen LogP contribution in [-0.4, -0.2) is 96.7 Å². The number of rotatable bonds is 73. The Hall–Kier alpha value is -1.94. The third-order valence-electron chi connectivity index (χ3n) is 17.0. The average molecular weight is 1350 g/mol. The van der Waals surface area contributed by atoms with E-state index in [1.807, 2.05) is 0 Å². The number of hydrogen-bond donors (Lipinski definition) is 3. The lowest BCUT2D eigenvalue weighted by Gasteiger charge is -2.21. The molecule has 92 heavy (non-hydrogen) atoms. The monoisotopic (exact) mass is 1350 g/mol. The Labute approximate surface area is 562 Å². The average Bonchev–Trinajstić information content (AvgIpc) is 2.26. The highest BCUT2D eigenvalue weighted by Crippen LogP contribution is 2.45. The van der Waals surface area contributed by atoms with Crippen LogP contribution in [0.15, 0.2) is 0 Å². The van der Waals surface area contributed by atoms with Gasteiger partial charge in [-0.2, -0.15) is 0 Å². The predicted molar refractivity (Wildman–Crippen MR) is 372 cm³/mol. The molecule has 0 bridgehead atoms. The number of phosphoric ester groups is 2. The molecule has 0 radical (unpaired) electrons. The lowest BCUT2D eigenvalue weighted by atomic mass is 10.0. The molecule has 0 heterocycles. The van der Waals surface area contributed by atoms with Crippen molar-refractivity contribution < 1.29 is 80.2 Å². The number of ether oxygens (including phenoxy) is 4. The number of aliphatic hydroxyl groups excluding tert-OH is 1. The first-order valence-corrected chi connectivity index (χ1v) is 41.1. The fourth-order valence-electron chi connectivity index (χ4n) is 11.2. The summed E-state index contributed by atoms with van der Waals surface area (Å²) in [7, 11) is -9.90. The number of esters is 4. The maximum atomic E-state index is 13.0. The minimum atomic E-state index is -4.95. The van der Waals surface area contributed by atoms with E-state index in [1.165, 1.54) is 199 Å². The number of hydrogen-bond acceptors (Lipinski definition) is 15. The Morgan fingerprint density at radius 1 is 0.293 bits per heavy atom. The highest BCUT2D eigenvalue weighted by atomic mass is 31.2. The highest BCUT2D eigenvalue weighted by Gasteiger charge is 2.30. The maximum absolute atomic E-state index is 13.0. The number of carbonyl (C=O) groups excluding carboxylic acids is 4. The van der Waals surface area contributed by atoms with Gasteiger partial charge in [-0.3, -0.25) is 37.3 Å². The maximum Gasteiger partial charge on any atom is 0.472 e. The third-order valence-corrected chi connectivity index (χ3v) is 18.9. The molecule has 2 unspecified atom stereocenters. The molecule has 17 nitrogen and oxygen atoms in total. The first-order valence-electron chi connectivity index (χ1n) is 38.1. The molecular formula is C73H142O17P2. The van der Waals surface area contributed by atoms with Gasteiger partial charge in [-0.1, -0.05) is 330 Å². The molecule has 546 valence electrons. The van der Waals surface area contributed by atoms with Crippen molar-refractivity contribution in [3.8, 4) is 0 Å². The summed E-state index contributed by atoms with van der Waals surface area (Å²) in [4.78, 5) is 72.4. The van der Waals surface area contributed by atoms with Gasteiger partial charge in [0, 0.05) is 25.7 Å². The van der Waals surface area contributed by atoms with Crippen LogP contribution in [0.1, 0.15) is 381 Å². The Balaban J connectivity index is 5.15. The van der Waals surface area contributed by atoms with Crippen molar-refractivity contribution >= 4 is 39.5 Å². The second-order valence-electron chi connectivity index (χ2n) is 26.8. The van der Waals surface area contributed by atoms with E-state index < -0.39 is 97.5 Å². The molecule has 0 spiro atoms. The van der Waals surface area contributed by atoms with Crippen LogP contribution in [0, 0.1) is 5.92 Å². The largest absolute Gasteiger partial charge is 0.472 e. The van der Waals surface area contributed by atoms with Gasteiger partial charge in [0.2, 0.25) is 0 Å². The predicted octanol–water partition coefficient (Wildman–Crippen LogP) is 21.3. The Bertz CT molecular complexity index is 1770. The van der Waals surface area contributed by atoms with E-state index >= 15 is 0 Å². The van der Waals surface area contributed by atoms with Crippen LogP contribution in [0.5, 0.6) is 0 Å². The van der Waals surface area contributed by atoms with Crippen molar-refractivity contribution in [3.63, 3.8) is 0 Å². The second-order valence-corrected chi connectivity index (χ2v) is 29.7. The summed E-state index contributed by atoms with van der Waals surface area (Å²) < 4.78 is 68.2. The van der Waals surface area contributed by atoms with E-state index in [0.29, 0.717) is 25.7 Å². The van der Waals surface area contributed by atoms with Crippen molar-refractivity contribution in [2.75, 3.05) is 39.6 Å². The quantitative estimate of drug-likeness (QED) is 0.0222. The molecule has 3 N–H and O–H groups in total. The van der Waals surface area contributed by atoms with Gasteiger partial charge in [0.1, 0.15) is 19.3 Å². The molecule has 0 aromatic rings. The number of aliphatic hydroxyl groups is 1. The van der Waals surface area contributed by atoms with Gasteiger partial charge >= 0.3 is 39.5 Å². The minimum Gasteiger partial charge on any atom is -0.462 e. The second kappa shape index (κ2) is 66.3. The van der Waals surface area contributed by atoms with Gasteiger partial charge in [0.15, 0.2) is 12.2 Å². The van der Waals surface area contributed by atoms with Crippen molar-refractivity contribution in [1.29, 1.82) is 0 Å². The lowest BCUT2D eigenvalue weighted by Crippen LogP contribution is -2.30. The van der Waals surface area contributed by atoms with Crippen molar-refractivity contribution in [2.24, 2.45) is 5.92 Å². The van der Waals surface area contributed by atoms with Crippen molar-refractivity contribution in [1.82, 2.24) is 0 Å². The summed E-state index contributed by atoms with van der Waals surface area (Å²) in [6, 6.07) is 0. The van der Waals surface area contributed by atoms with Gasteiger partial charge in [-0.05, 0) is 31.6 Å². The zero-order valence-electron chi connectivity index (χ0n) is 59.7. The standard InChI is InChI=1S/C73H142O17P2/c1-6-9-12-15-17-19-21-23-25-27-29-31-33-38-42-47-52-57-71(76)84-63-69(90-73(78)58-53-48-43-39-34-32-30-28-26-24-22-20-18-16-13-10-7-2)65-88-92(81,82)86-61-67(74)60-85-91(79,80)87-64-68(62-83-70(75)56-51-45-14-11-8-3)89-72(77)59-54-49-44-40-36-35-37-41-46-50-55-66(4)5/h66-69,74H,6-65H2,1-5H3,(H,79,80)(H,81,82)/t67-,68+,69+/m0/s1. The van der Waals surface area contributed by atoms with Crippen LogP contribution in [0.3, 0.4) is 0 Å². The van der Waals surface area contributed by atoms with Crippen molar-refractivity contribution in [3.05, 3.63) is 0 Å². The highest BCUT2D eigenvalue weighted by molar-refractivity contribution is 7.47. The SMILES string of the molecule is CCCCCCCCCCCCCCCCCCCC(=O)OC[C@H](COP(=O)(O)OC[C@@H](O)COP(=O)(O)OC[C@@H](COC(=O)CCCCCCC)OC(=O)CCCCCCCCCCCCC(C)C)OC(=O)CCCCCCCCCCCCCCCCCCC.